The van der Waals surface area contributed by atoms with Crippen LogP contribution in [0.5, 0.6) is 0 Å². The first-order chi connectivity index (χ1) is 8.58. The van der Waals surface area contributed by atoms with Gasteiger partial charge in [-0.2, -0.15) is 0 Å². The van der Waals surface area contributed by atoms with Gasteiger partial charge in [-0.3, -0.25) is 9.59 Å². The van der Waals surface area contributed by atoms with Crippen LogP contribution in [0.15, 0.2) is 6.20 Å². The maximum absolute atomic E-state index is 12.1. The molecule has 0 saturated carbocycles. The summed E-state index contributed by atoms with van der Waals surface area (Å²) in [4.78, 5) is 24.3. The van der Waals surface area contributed by atoms with Gasteiger partial charge in [0, 0.05) is 6.54 Å². The molecule has 0 aromatic carbocycles. The zero-order valence-corrected chi connectivity index (χ0v) is 9.94. The van der Waals surface area contributed by atoms with Crippen LogP contribution < -0.4 is 0 Å². The van der Waals surface area contributed by atoms with Gasteiger partial charge in [-0.25, -0.2) is 4.68 Å². The normalized spacial score (nSPS) is 19.8. The van der Waals surface area contributed by atoms with E-state index >= 15 is 0 Å². The molecule has 0 radical (unpaired) electrons. The van der Waals surface area contributed by atoms with E-state index in [-0.39, 0.29) is 24.2 Å². The van der Waals surface area contributed by atoms with E-state index in [4.69, 9.17) is 9.84 Å². The summed E-state index contributed by atoms with van der Waals surface area (Å²) in [7, 11) is 0. The molecule has 2 rings (SSSR count). The zero-order valence-electron chi connectivity index (χ0n) is 9.94. The first kappa shape index (κ1) is 12.5. The van der Waals surface area contributed by atoms with Crippen LogP contribution in [0, 0.1) is 0 Å². The second-order valence-corrected chi connectivity index (χ2v) is 4.12. The molecule has 0 bridgehead atoms. The van der Waals surface area contributed by atoms with E-state index in [1.807, 2.05) is 6.92 Å². The molecule has 1 saturated heterocycles. The standard InChI is InChI=1S/C10H14N4O4/c1-7-6-18-3-2-14(7)10(17)8-4-13(12-11-8)5-9(15)16/h4,7H,2-3,5-6H2,1H3,(H,15,16). The Hall–Kier alpha value is -1.96. The number of morpholine rings is 1. The molecule has 1 amide bonds. The lowest BCUT2D eigenvalue weighted by molar-refractivity contribution is -0.137. The predicted molar refractivity (Wildman–Crippen MR) is 59.0 cm³/mol. The Morgan fingerprint density at radius 1 is 1.61 bits per heavy atom. The van der Waals surface area contributed by atoms with Gasteiger partial charge < -0.3 is 14.7 Å². The average molecular weight is 254 g/mol. The molecular weight excluding hydrogens is 240 g/mol. The highest BCUT2D eigenvalue weighted by Crippen LogP contribution is 2.10. The Labute approximate surface area is 103 Å². The highest BCUT2D eigenvalue weighted by atomic mass is 16.5. The van der Waals surface area contributed by atoms with Crippen molar-refractivity contribution in [2.45, 2.75) is 19.5 Å². The first-order valence-electron chi connectivity index (χ1n) is 5.58. The van der Waals surface area contributed by atoms with Crippen LogP contribution in [0.25, 0.3) is 0 Å². The van der Waals surface area contributed by atoms with Gasteiger partial charge >= 0.3 is 5.97 Å². The van der Waals surface area contributed by atoms with Crippen molar-refractivity contribution in [1.82, 2.24) is 19.9 Å². The number of hydrogen-bond acceptors (Lipinski definition) is 5. The molecule has 1 aromatic heterocycles. The topological polar surface area (TPSA) is 97.5 Å². The maximum atomic E-state index is 12.1. The fourth-order valence-corrected chi connectivity index (χ4v) is 1.79. The Morgan fingerprint density at radius 2 is 2.39 bits per heavy atom. The number of carbonyl (C=O) groups is 2. The third-order valence-electron chi connectivity index (χ3n) is 2.68. The number of rotatable bonds is 3. The van der Waals surface area contributed by atoms with Crippen LogP contribution in [-0.4, -0.2) is 62.7 Å². The van der Waals surface area contributed by atoms with Gasteiger partial charge in [-0.05, 0) is 6.92 Å². The fraction of sp³-hybridized carbons (Fsp3) is 0.600. The summed E-state index contributed by atoms with van der Waals surface area (Å²) in [6.07, 6.45) is 1.35. The molecule has 0 aliphatic carbocycles. The number of aliphatic carboxylic acids is 1. The molecule has 8 heteroatoms. The first-order valence-corrected chi connectivity index (χ1v) is 5.58. The zero-order chi connectivity index (χ0) is 13.1. The summed E-state index contributed by atoms with van der Waals surface area (Å²) in [6, 6.07) is -0.0177. The number of nitrogens with zero attached hydrogens (tertiary/aromatic N) is 4. The average Bonchev–Trinajstić information content (AvgIpc) is 2.76. The van der Waals surface area contributed by atoms with Crippen LogP contribution in [0.1, 0.15) is 17.4 Å². The lowest BCUT2D eigenvalue weighted by atomic mass is 10.2. The van der Waals surface area contributed by atoms with Crippen molar-refractivity contribution in [2.75, 3.05) is 19.8 Å². The Balaban J connectivity index is 2.08. The number of aromatic nitrogens is 3. The Kier molecular flexibility index (Phi) is 3.56. The summed E-state index contributed by atoms with van der Waals surface area (Å²) < 4.78 is 6.37. The molecule has 98 valence electrons. The molecule has 1 unspecified atom stereocenters. The number of ether oxygens (including phenoxy) is 1. The van der Waals surface area contributed by atoms with E-state index < -0.39 is 5.97 Å². The lowest BCUT2D eigenvalue weighted by Gasteiger charge is -2.32. The minimum absolute atomic E-state index is 0.0177. The second-order valence-electron chi connectivity index (χ2n) is 4.12. The van der Waals surface area contributed by atoms with Gasteiger partial charge in [0.25, 0.3) is 5.91 Å². The molecule has 1 atom stereocenters. The Bertz CT molecular complexity index is 458. The number of carbonyl (C=O) groups excluding carboxylic acids is 1. The number of hydrogen-bond donors (Lipinski definition) is 1. The third kappa shape index (κ3) is 2.65. The molecule has 0 spiro atoms. The van der Waals surface area contributed by atoms with Gasteiger partial charge in [0.2, 0.25) is 0 Å². The predicted octanol–water partition coefficient (Wildman–Crippen LogP) is -0.776. The van der Waals surface area contributed by atoms with Crippen LogP contribution in [-0.2, 0) is 16.1 Å². The number of amides is 1. The van der Waals surface area contributed by atoms with Crippen molar-refractivity contribution in [1.29, 1.82) is 0 Å². The molecule has 1 aliphatic rings. The van der Waals surface area contributed by atoms with E-state index in [1.165, 1.54) is 6.20 Å². The second kappa shape index (κ2) is 5.13. The molecule has 1 N–H and O–H groups in total. The molecule has 1 fully saturated rings. The van der Waals surface area contributed by atoms with Crippen LogP contribution in [0.4, 0.5) is 0 Å². The lowest BCUT2D eigenvalue weighted by Crippen LogP contribution is -2.47. The summed E-state index contributed by atoms with van der Waals surface area (Å²) in [5, 5.41) is 15.9. The van der Waals surface area contributed by atoms with E-state index in [0.29, 0.717) is 19.8 Å². The smallest absolute Gasteiger partial charge is 0.325 e. The molecule has 1 aromatic rings. The third-order valence-corrected chi connectivity index (χ3v) is 2.68. The molecule has 18 heavy (non-hydrogen) atoms. The van der Waals surface area contributed by atoms with Crippen LogP contribution in [0.3, 0.4) is 0 Å². The van der Waals surface area contributed by atoms with E-state index in [9.17, 15) is 9.59 Å². The largest absolute Gasteiger partial charge is 0.480 e. The summed E-state index contributed by atoms with van der Waals surface area (Å²) in [5.41, 5.74) is 0.157. The van der Waals surface area contributed by atoms with Gasteiger partial charge in [0.05, 0.1) is 25.5 Å². The quantitative estimate of drug-likeness (QED) is 0.760. The van der Waals surface area contributed by atoms with Crippen molar-refractivity contribution in [2.24, 2.45) is 0 Å². The monoisotopic (exact) mass is 254 g/mol. The fourth-order valence-electron chi connectivity index (χ4n) is 1.79. The maximum Gasteiger partial charge on any atom is 0.325 e. The molecule has 2 heterocycles. The van der Waals surface area contributed by atoms with E-state index in [1.54, 1.807) is 4.90 Å². The number of carboxylic acids is 1. The van der Waals surface area contributed by atoms with Crippen LogP contribution in [0.2, 0.25) is 0 Å². The number of carboxylic acid groups (broad SMARTS) is 1. The van der Waals surface area contributed by atoms with Crippen molar-refractivity contribution in [3.05, 3.63) is 11.9 Å². The highest BCUT2D eigenvalue weighted by molar-refractivity contribution is 5.92. The highest BCUT2D eigenvalue weighted by Gasteiger charge is 2.26. The summed E-state index contributed by atoms with van der Waals surface area (Å²) >= 11 is 0. The van der Waals surface area contributed by atoms with Crippen molar-refractivity contribution in [3.63, 3.8) is 0 Å². The molecular formula is C10H14N4O4. The van der Waals surface area contributed by atoms with Crippen molar-refractivity contribution >= 4 is 11.9 Å². The molecule has 1 aliphatic heterocycles. The van der Waals surface area contributed by atoms with E-state index in [0.717, 1.165) is 4.68 Å². The van der Waals surface area contributed by atoms with Gasteiger partial charge in [-0.15, -0.1) is 5.10 Å². The SMILES string of the molecule is CC1COCCN1C(=O)c1cn(CC(=O)O)nn1. The van der Waals surface area contributed by atoms with Gasteiger partial charge in [0.1, 0.15) is 6.54 Å². The minimum Gasteiger partial charge on any atom is -0.480 e. The molecule has 8 nitrogen and oxygen atoms in total. The van der Waals surface area contributed by atoms with E-state index in [2.05, 4.69) is 10.3 Å². The van der Waals surface area contributed by atoms with Crippen LogP contribution >= 0.6 is 0 Å². The van der Waals surface area contributed by atoms with Crippen molar-refractivity contribution < 1.29 is 19.4 Å². The summed E-state index contributed by atoms with van der Waals surface area (Å²) in [6.45, 7) is 3.08. The van der Waals surface area contributed by atoms with Crippen molar-refractivity contribution in [3.8, 4) is 0 Å². The minimum atomic E-state index is -1.03. The van der Waals surface area contributed by atoms with Gasteiger partial charge in [0.15, 0.2) is 5.69 Å². The summed E-state index contributed by atoms with van der Waals surface area (Å²) in [5.74, 6) is -1.28. The Morgan fingerprint density at radius 3 is 3.06 bits per heavy atom. The van der Waals surface area contributed by atoms with Gasteiger partial charge in [-0.1, -0.05) is 5.21 Å².